The number of hydrogen-bond acceptors (Lipinski definition) is 4. The van der Waals surface area contributed by atoms with E-state index >= 15 is 0 Å². The van der Waals surface area contributed by atoms with Gasteiger partial charge >= 0.3 is 5.97 Å². The van der Waals surface area contributed by atoms with Gasteiger partial charge in [-0.05, 0) is 62.9 Å². The number of nitrogens with one attached hydrogen (secondary N) is 2. The van der Waals surface area contributed by atoms with Gasteiger partial charge in [-0.1, -0.05) is 6.07 Å². The first-order valence-electron chi connectivity index (χ1n) is 8.75. The maximum Gasteiger partial charge on any atom is 0.302 e. The molecule has 0 unspecified atom stereocenters. The molecule has 1 aromatic rings. The Kier molecular flexibility index (Phi) is 9.12. The average Bonchev–Trinajstić information content (AvgIpc) is 2.59. The molecule has 0 heterocycles. The fourth-order valence-corrected chi connectivity index (χ4v) is 2.15. The highest BCUT2D eigenvalue weighted by Gasteiger charge is 2.06. The van der Waals surface area contributed by atoms with Gasteiger partial charge in [0.2, 0.25) is 5.91 Å². The van der Waals surface area contributed by atoms with Gasteiger partial charge in [0.1, 0.15) is 6.61 Å². The molecule has 0 aliphatic carbocycles. The van der Waals surface area contributed by atoms with Gasteiger partial charge in [0, 0.05) is 31.1 Å². The van der Waals surface area contributed by atoms with Crippen molar-refractivity contribution in [3.05, 3.63) is 46.5 Å². The number of ether oxygens (including phenoxy) is 1. The van der Waals surface area contributed by atoms with Gasteiger partial charge in [0.05, 0.1) is 0 Å². The van der Waals surface area contributed by atoms with Crippen molar-refractivity contribution in [3.8, 4) is 0 Å². The molecule has 1 aromatic carbocycles. The molecule has 2 amide bonds. The molecule has 0 saturated heterocycles. The third-order valence-electron chi connectivity index (χ3n) is 3.98. The molecule has 142 valence electrons. The molecule has 26 heavy (non-hydrogen) atoms. The van der Waals surface area contributed by atoms with E-state index in [9.17, 15) is 14.4 Å². The van der Waals surface area contributed by atoms with E-state index in [1.807, 2.05) is 32.0 Å². The number of esters is 1. The van der Waals surface area contributed by atoms with Crippen LogP contribution in [0, 0.1) is 13.8 Å². The molecule has 6 nitrogen and oxygen atoms in total. The first-order chi connectivity index (χ1) is 12.3. The van der Waals surface area contributed by atoms with Gasteiger partial charge in [0.15, 0.2) is 0 Å². The van der Waals surface area contributed by atoms with Crippen molar-refractivity contribution in [1.82, 2.24) is 10.6 Å². The first kappa shape index (κ1) is 21.4. The van der Waals surface area contributed by atoms with Crippen molar-refractivity contribution in [3.63, 3.8) is 0 Å². The first-order valence-corrected chi connectivity index (χ1v) is 8.75. The summed E-state index contributed by atoms with van der Waals surface area (Å²) in [5.74, 6) is -0.644. The van der Waals surface area contributed by atoms with Crippen LogP contribution in [0.4, 0.5) is 0 Å². The monoisotopic (exact) mass is 360 g/mol. The molecule has 0 saturated carbocycles. The second-order valence-electron chi connectivity index (χ2n) is 6.21. The second-order valence-corrected chi connectivity index (χ2v) is 6.21. The fourth-order valence-electron chi connectivity index (χ4n) is 2.15. The Labute approximate surface area is 155 Å². The van der Waals surface area contributed by atoms with E-state index in [1.54, 1.807) is 13.0 Å². The summed E-state index contributed by atoms with van der Waals surface area (Å²) >= 11 is 0. The Hall–Kier alpha value is -2.63. The summed E-state index contributed by atoms with van der Waals surface area (Å²) in [5, 5.41) is 5.68. The smallest absolute Gasteiger partial charge is 0.302 e. The lowest BCUT2D eigenvalue weighted by molar-refractivity contribution is -0.139. The molecule has 0 aromatic heterocycles. The van der Waals surface area contributed by atoms with Gasteiger partial charge in [-0.2, -0.15) is 0 Å². The largest absolute Gasteiger partial charge is 0.462 e. The van der Waals surface area contributed by atoms with Crippen LogP contribution in [0.3, 0.4) is 0 Å². The second kappa shape index (κ2) is 11.1. The summed E-state index contributed by atoms with van der Waals surface area (Å²) in [4.78, 5) is 34.5. The molecule has 0 bridgehead atoms. The topological polar surface area (TPSA) is 84.5 Å². The molecule has 0 atom stereocenters. The minimum atomic E-state index is -0.377. The normalized spacial score (nSPS) is 11.0. The number of unbranched alkanes of at least 4 members (excludes halogenated alkanes) is 1. The zero-order valence-electron chi connectivity index (χ0n) is 16.0. The quantitative estimate of drug-likeness (QED) is 0.402. The summed E-state index contributed by atoms with van der Waals surface area (Å²) < 4.78 is 4.76. The van der Waals surface area contributed by atoms with E-state index in [0.717, 1.165) is 24.0 Å². The van der Waals surface area contributed by atoms with Crippen molar-refractivity contribution in [2.75, 3.05) is 19.7 Å². The third kappa shape index (κ3) is 7.96. The molecular formula is C20H28N2O4. The lowest BCUT2D eigenvalue weighted by Crippen LogP contribution is -2.27. The number of carbonyl (C=O) groups is 3. The van der Waals surface area contributed by atoms with Crippen molar-refractivity contribution >= 4 is 17.8 Å². The van der Waals surface area contributed by atoms with Gasteiger partial charge in [-0.15, -0.1) is 0 Å². The predicted molar refractivity (Wildman–Crippen MR) is 101 cm³/mol. The van der Waals surface area contributed by atoms with Gasteiger partial charge in [-0.3, -0.25) is 14.4 Å². The molecule has 0 radical (unpaired) electrons. The molecule has 0 fully saturated rings. The summed E-state index contributed by atoms with van der Waals surface area (Å²) in [6.07, 6.45) is 3.10. The lowest BCUT2D eigenvalue weighted by atomic mass is 10.1. The molecule has 0 aliphatic rings. The van der Waals surface area contributed by atoms with Crippen LogP contribution in [-0.2, 0) is 14.3 Å². The number of rotatable bonds is 9. The fraction of sp³-hybridized carbons (Fsp3) is 0.450. The lowest BCUT2D eigenvalue weighted by Gasteiger charge is -2.08. The molecule has 0 spiro atoms. The van der Waals surface area contributed by atoms with Crippen LogP contribution in [0.15, 0.2) is 29.8 Å². The van der Waals surface area contributed by atoms with E-state index in [1.165, 1.54) is 6.92 Å². The van der Waals surface area contributed by atoms with Crippen LogP contribution in [0.2, 0.25) is 0 Å². The van der Waals surface area contributed by atoms with Crippen LogP contribution < -0.4 is 10.6 Å². The van der Waals surface area contributed by atoms with Crippen molar-refractivity contribution < 1.29 is 19.1 Å². The van der Waals surface area contributed by atoms with E-state index in [2.05, 4.69) is 10.6 Å². The number of amides is 2. The van der Waals surface area contributed by atoms with E-state index in [0.29, 0.717) is 24.2 Å². The van der Waals surface area contributed by atoms with Gasteiger partial charge in [-0.25, -0.2) is 0 Å². The number of hydrogen-bond donors (Lipinski definition) is 2. The minimum absolute atomic E-state index is 0.0821. The third-order valence-corrected chi connectivity index (χ3v) is 3.98. The van der Waals surface area contributed by atoms with Crippen LogP contribution >= 0.6 is 0 Å². The van der Waals surface area contributed by atoms with E-state index in [-0.39, 0.29) is 24.4 Å². The van der Waals surface area contributed by atoms with Gasteiger partial charge < -0.3 is 15.4 Å². The van der Waals surface area contributed by atoms with Crippen LogP contribution in [-0.4, -0.2) is 37.5 Å². The molecule has 1 rings (SSSR count). The maximum atomic E-state index is 12.1. The number of benzene rings is 1. The van der Waals surface area contributed by atoms with Crippen LogP contribution in [0.25, 0.3) is 0 Å². The van der Waals surface area contributed by atoms with Gasteiger partial charge in [0.25, 0.3) is 5.91 Å². The predicted octanol–water partition coefficient (Wildman–Crippen LogP) is 2.44. The van der Waals surface area contributed by atoms with Crippen LogP contribution in [0.1, 0.15) is 48.2 Å². The number of aryl methyl sites for hydroxylation is 2. The Morgan fingerprint density at radius 1 is 1.00 bits per heavy atom. The highest BCUT2D eigenvalue weighted by atomic mass is 16.5. The molecular weight excluding hydrogens is 332 g/mol. The zero-order valence-corrected chi connectivity index (χ0v) is 16.0. The summed E-state index contributed by atoms with van der Waals surface area (Å²) in [6, 6.07) is 5.65. The highest BCUT2D eigenvalue weighted by molar-refractivity contribution is 5.94. The molecule has 2 N–H and O–H groups in total. The van der Waals surface area contributed by atoms with E-state index < -0.39 is 0 Å². The van der Waals surface area contributed by atoms with Crippen LogP contribution in [0.5, 0.6) is 0 Å². The number of carbonyl (C=O) groups excluding carboxylic acids is 3. The van der Waals surface area contributed by atoms with Crippen molar-refractivity contribution in [1.29, 1.82) is 0 Å². The molecule has 0 aliphatic heterocycles. The minimum Gasteiger partial charge on any atom is -0.462 e. The Balaban J connectivity index is 2.20. The van der Waals surface area contributed by atoms with Crippen molar-refractivity contribution in [2.24, 2.45) is 0 Å². The van der Waals surface area contributed by atoms with Crippen molar-refractivity contribution in [2.45, 2.75) is 40.5 Å². The highest BCUT2D eigenvalue weighted by Crippen LogP contribution is 2.09. The summed E-state index contributed by atoms with van der Waals surface area (Å²) in [7, 11) is 0. The van der Waals surface area contributed by atoms with E-state index in [4.69, 9.17) is 4.74 Å². The standard InChI is InChI=1S/C20H28N2O4/c1-14-7-8-18(13-16(14)3)20(25)22-11-6-5-10-21-19(24)15(2)9-12-26-17(4)23/h7-9,13H,5-6,10-12H2,1-4H3,(H,21,24)(H,22,25)/b15-9+. The summed E-state index contributed by atoms with van der Waals surface area (Å²) in [5.41, 5.74) is 3.43. The Morgan fingerprint density at radius 3 is 2.27 bits per heavy atom. The maximum absolute atomic E-state index is 12.1. The summed E-state index contributed by atoms with van der Waals surface area (Å²) in [6.45, 7) is 8.17. The zero-order chi connectivity index (χ0) is 19.5. The molecule has 6 heteroatoms. The Bertz CT molecular complexity index is 680. The average molecular weight is 360 g/mol. The Morgan fingerprint density at radius 2 is 1.65 bits per heavy atom. The SMILES string of the molecule is CC(=O)OC/C=C(\C)C(=O)NCCCCNC(=O)c1ccc(C)c(C)c1.